The molecule has 0 saturated carbocycles. The number of nitrogens with zero attached hydrogens (tertiary/aromatic N) is 5. The number of carbonyl (C=O) groups excluding carboxylic acids is 2. The highest BCUT2D eigenvalue weighted by molar-refractivity contribution is 5.98. The van der Waals surface area contributed by atoms with Gasteiger partial charge >= 0.3 is 5.97 Å². The molecule has 0 aliphatic carbocycles. The number of aromatic nitrogens is 4. The second-order valence-electron chi connectivity index (χ2n) is 5.50. The second-order valence-corrected chi connectivity index (χ2v) is 5.50. The average Bonchev–Trinajstić information content (AvgIpc) is 3.22. The zero-order chi connectivity index (χ0) is 19.2. The average molecular weight is 362 g/mol. The summed E-state index contributed by atoms with van der Waals surface area (Å²) in [7, 11) is 0. The molecule has 1 amide bonds. The SMILES string of the molecule is CC(OC(=O)c1ccccc1-n1cnnn1)C(=O)Nc1cccc(C#N)c1. The molecule has 134 valence electrons. The second kappa shape index (κ2) is 7.88. The summed E-state index contributed by atoms with van der Waals surface area (Å²) in [5.41, 5.74) is 1.50. The van der Waals surface area contributed by atoms with Crippen LogP contribution >= 0.6 is 0 Å². The fraction of sp³-hybridized carbons (Fsp3) is 0.111. The van der Waals surface area contributed by atoms with Crippen molar-refractivity contribution < 1.29 is 14.3 Å². The Hall–Kier alpha value is -4.06. The summed E-state index contributed by atoms with van der Waals surface area (Å²) in [6.45, 7) is 1.46. The van der Waals surface area contributed by atoms with Gasteiger partial charge in [-0.3, -0.25) is 4.79 Å². The number of hydrogen-bond donors (Lipinski definition) is 1. The van der Waals surface area contributed by atoms with Gasteiger partial charge in [0, 0.05) is 5.69 Å². The van der Waals surface area contributed by atoms with E-state index in [-0.39, 0.29) is 5.56 Å². The first-order valence-corrected chi connectivity index (χ1v) is 7.93. The Morgan fingerprint density at radius 3 is 2.78 bits per heavy atom. The highest BCUT2D eigenvalue weighted by Gasteiger charge is 2.21. The van der Waals surface area contributed by atoms with Crippen molar-refractivity contribution in [2.45, 2.75) is 13.0 Å². The predicted molar refractivity (Wildman–Crippen MR) is 93.8 cm³/mol. The zero-order valence-electron chi connectivity index (χ0n) is 14.2. The Kier molecular flexibility index (Phi) is 5.18. The van der Waals surface area contributed by atoms with E-state index in [4.69, 9.17) is 10.00 Å². The molecule has 9 heteroatoms. The van der Waals surface area contributed by atoms with E-state index in [1.54, 1.807) is 42.5 Å². The third kappa shape index (κ3) is 4.13. The molecule has 1 heterocycles. The van der Waals surface area contributed by atoms with E-state index < -0.39 is 18.0 Å². The van der Waals surface area contributed by atoms with Gasteiger partial charge in [-0.25, -0.2) is 4.79 Å². The number of benzene rings is 2. The first-order valence-electron chi connectivity index (χ1n) is 7.93. The number of tetrazole rings is 1. The van der Waals surface area contributed by atoms with E-state index in [0.717, 1.165) is 0 Å². The van der Waals surface area contributed by atoms with Crippen LogP contribution in [0.3, 0.4) is 0 Å². The summed E-state index contributed by atoms with van der Waals surface area (Å²) in [5, 5.41) is 22.4. The van der Waals surface area contributed by atoms with Gasteiger partial charge in [0.25, 0.3) is 5.91 Å². The minimum Gasteiger partial charge on any atom is -0.449 e. The van der Waals surface area contributed by atoms with Crippen LogP contribution in [-0.2, 0) is 9.53 Å². The minimum atomic E-state index is -1.05. The van der Waals surface area contributed by atoms with Crippen molar-refractivity contribution >= 4 is 17.6 Å². The maximum absolute atomic E-state index is 12.5. The molecule has 1 atom stereocenters. The van der Waals surface area contributed by atoms with Crippen molar-refractivity contribution in [1.82, 2.24) is 20.2 Å². The van der Waals surface area contributed by atoms with Crippen molar-refractivity contribution in [1.29, 1.82) is 5.26 Å². The maximum Gasteiger partial charge on any atom is 0.341 e. The molecule has 0 spiro atoms. The summed E-state index contributed by atoms with van der Waals surface area (Å²) in [6, 6.07) is 15.0. The lowest BCUT2D eigenvalue weighted by atomic mass is 10.2. The van der Waals surface area contributed by atoms with Crippen molar-refractivity contribution in [2.75, 3.05) is 5.32 Å². The van der Waals surface area contributed by atoms with Crippen molar-refractivity contribution in [3.05, 3.63) is 66.0 Å². The van der Waals surface area contributed by atoms with Gasteiger partial charge in [-0.1, -0.05) is 18.2 Å². The number of carbonyl (C=O) groups is 2. The number of hydrogen-bond acceptors (Lipinski definition) is 7. The first kappa shape index (κ1) is 17.8. The topological polar surface area (TPSA) is 123 Å². The first-order chi connectivity index (χ1) is 13.1. The van der Waals surface area contributed by atoms with E-state index in [0.29, 0.717) is 16.9 Å². The molecule has 3 rings (SSSR count). The molecular formula is C18H14N6O3. The number of esters is 1. The molecule has 2 aromatic carbocycles. The summed E-state index contributed by atoms with van der Waals surface area (Å²) < 4.78 is 6.60. The van der Waals surface area contributed by atoms with Crippen LogP contribution in [0.2, 0.25) is 0 Å². The summed E-state index contributed by atoms with van der Waals surface area (Å²) in [6.07, 6.45) is 0.301. The Labute approximate surface area is 154 Å². The van der Waals surface area contributed by atoms with E-state index in [1.807, 2.05) is 6.07 Å². The molecule has 0 radical (unpaired) electrons. The van der Waals surface area contributed by atoms with E-state index in [9.17, 15) is 9.59 Å². The molecule has 1 unspecified atom stereocenters. The zero-order valence-corrected chi connectivity index (χ0v) is 14.2. The number of ether oxygens (including phenoxy) is 1. The lowest BCUT2D eigenvalue weighted by Gasteiger charge is -2.15. The molecule has 0 fully saturated rings. The van der Waals surface area contributed by atoms with Crippen LogP contribution < -0.4 is 5.32 Å². The van der Waals surface area contributed by atoms with Gasteiger partial charge in [0.1, 0.15) is 6.33 Å². The van der Waals surface area contributed by atoms with Gasteiger partial charge in [0.15, 0.2) is 6.10 Å². The van der Waals surface area contributed by atoms with Crippen LogP contribution in [0.25, 0.3) is 5.69 Å². The smallest absolute Gasteiger partial charge is 0.341 e. The number of rotatable bonds is 5. The van der Waals surface area contributed by atoms with Crippen molar-refractivity contribution in [3.63, 3.8) is 0 Å². The molecule has 0 aliphatic rings. The Bertz CT molecular complexity index is 1010. The molecule has 1 aromatic heterocycles. The largest absolute Gasteiger partial charge is 0.449 e. The number of nitriles is 1. The van der Waals surface area contributed by atoms with Gasteiger partial charge in [-0.15, -0.1) is 5.10 Å². The number of para-hydroxylation sites is 1. The highest BCUT2D eigenvalue weighted by atomic mass is 16.5. The van der Waals surface area contributed by atoms with Crippen LogP contribution in [0.15, 0.2) is 54.9 Å². The van der Waals surface area contributed by atoms with E-state index in [1.165, 1.54) is 24.0 Å². The number of anilines is 1. The molecule has 0 aliphatic heterocycles. The summed E-state index contributed by atoms with van der Waals surface area (Å²) in [4.78, 5) is 24.8. The standard InChI is InChI=1S/C18H14N6O3/c1-12(17(25)21-14-6-4-5-13(9-14)10-19)27-18(26)15-7-2-3-8-16(15)24-11-20-22-23-24/h2-9,11-12H,1H3,(H,21,25). The van der Waals surface area contributed by atoms with Gasteiger partial charge in [0.2, 0.25) is 0 Å². The van der Waals surface area contributed by atoms with E-state index >= 15 is 0 Å². The monoisotopic (exact) mass is 362 g/mol. The van der Waals surface area contributed by atoms with Crippen LogP contribution in [0, 0.1) is 11.3 Å². The predicted octanol–water partition coefficient (Wildman–Crippen LogP) is 1.72. The van der Waals surface area contributed by atoms with Gasteiger partial charge in [-0.05, 0) is 47.7 Å². The third-order valence-electron chi connectivity index (χ3n) is 3.63. The molecular weight excluding hydrogens is 348 g/mol. The van der Waals surface area contributed by atoms with Crippen molar-refractivity contribution in [2.24, 2.45) is 0 Å². The van der Waals surface area contributed by atoms with Gasteiger partial charge < -0.3 is 10.1 Å². The maximum atomic E-state index is 12.5. The lowest BCUT2D eigenvalue weighted by Crippen LogP contribution is -2.30. The summed E-state index contributed by atoms with van der Waals surface area (Å²) in [5.74, 6) is -1.20. The number of amides is 1. The lowest BCUT2D eigenvalue weighted by molar-refractivity contribution is -0.123. The quantitative estimate of drug-likeness (QED) is 0.685. The van der Waals surface area contributed by atoms with Gasteiger partial charge in [-0.2, -0.15) is 9.94 Å². The number of nitrogens with one attached hydrogen (secondary N) is 1. The Balaban J connectivity index is 1.71. The molecule has 9 nitrogen and oxygen atoms in total. The normalized spacial score (nSPS) is 11.3. The highest BCUT2D eigenvalue weighted by Crippen LogP contribution is 2.16. The molecule has 0 saturated heterocycles. The molecule has 3 aromatic rings. The van der Waals surface area contributed by atoms with Crippen molar-refractivity contribution in [3.8, 4) is 11.8 Å². The fourth-order valence-electron chi connectivity index (χ4n) is 2.31. The van der Waals surface area contributed by atoms with Crippen LogP contribution in [0.5, 0.6) is 0 Å². The molecule has 0 bridgehead atoms. The molecule has 1 N–H and O–H groups in total. The molecule has 27 heavy (non-hydrogen) atoms. The summed E-state index contributed by atoms with van der Waals surface area (Å²) >= 11 is 0. The Morgan fingerprint density at radius 2 is 2.04 bits per heavy atom. The van der Waals surface area contributed by atoms with Crippen LogP contribution in [-0.4, -0.2) is 38.2 Å². The minimum absolute atomic E-state index is 0.218. The van der Waals surface area contributed by atoms with Crippen LogP contribution in [0.1, 0.15) is 22.8 Å². The Morgan fingerprint density at radius 1 is 1.22 bits per heavy atom. The van der Waals surface area contributed by atoms with Gasteiger partial charge in [0.05, 0.1) is 22.9 Å². The van der Waals surface area contributed by atoms with E-state index in [2.05, 4.69) is 20.8 Å². The third-order valence-corrected chi connectivity index (χ3v) is 3.63. The van der Waals surface area contributed by atoms with Crippen LogP contribution in [0.4, 0.5) is 5.69 Å². The fourth-order valence-corrected chi connectivity index (χ4v) is 2.31.